The lowest BCUT2D eigenvalue weighted by Gasteiger charge is -2.15. The standard InChI is InChI=1S/C19H13N3O4S2/c1-26-13-6-3-2-5-12(13)22-16-15(17(23)21-19(22)27)10(18(24)25)9-11(20-16)14-7-4-8-28-14/h2-9H,1H3,(H,24,25)(H,21,23,27). The number of fused-ring (bicyclic) bond motifs is 1. The van der Waals surface area contributed by atoms with Gasteiger partial charge in [0.2, 0.25) is 0 Å². The highest BCUT2D eigenvalue weighted by molar-refractivity contribution is 7.71. The number of rotatable bonds is 4. The lowest BCUT2D eigenvalue weighted by molar-refractivity contribution is 0.0699. The van der Waals surface area contributed by atoms with Crippen molar-refractivity contribution >= 4 is 40.6 Å². The molecule has 0 aliphatic heterocycles. The number of aromatic nitrogens is 3. The van der Waals surface area contributed by atoms with Gasteiger partial charge in [-0.3, -0.25) is 14.3 Å². The van der Waals surface area contributed by atoms with E-state index in [9.17, 15) is 14.7 Å². The molecule has 0 spiro atoms. The number of para-hydroxylation sites is 2. The molecule has 0 fully saturated rings. The Kier molecular flexibility index (Phi) is 4.54. The Bertz CT molecular complexity index is 1320. The number of carbonyl (C=O) groups is 1. The summed E-state index contributed by atoms with van der Waals surface area (Å²) in [5.74, 6) is -0.716. The molecule has 3 aromatic heterocycles. The molecule has 1 aromatic carbocycles. The highest BCUT2D eigenvalue weighted by Gasteiger charge is 2.20. The monoisotopic (exact) mass is 411 g/mol. The van der Waals surface area contributed by atoms with Crippen molar-refractivity contribution in [2.75, 3.05) is 7.11 Å². The number of benzene rings is 1. The number of methoxy groups -OCH3 is 1. The number of carboxylic acid groups (broad SMARTS) is 1. The first-order valence-electron chi connectivity index (χ1n) is 8.12. The van der Waals surface area contributed by atoms with Gasteiger partial charge < -0.3 is 9.84 Å². The second-order valence-corrected chi connectivity index (χ2v) is 7.14. The lowest BCUT2D eigenvalue weighted by atomic mass is 10.1. The van der Waals surface area contributed by atoms with Gasteiger partial charge in [0.05, 0.1) is 34.3 Å². The number of aromatic carboxylic acids is 1. The van der Waals surface area contributed by atoms with Crippen LogP contribution in [0.3, 0.4) is 0 Å². The van der Waals surface area contributed by atoms with E-state index in [0.29, 0.717) is 17.1 Å². The van der Waals surface area contributed by atoms with Gasteiger partial charge in [-0.15, -0.1) is 11.3 Å². The number of thiophene rings is 1. The topological polar surface area (TPSA) is 97.2 Å². The van der Waals surface area contributed by atoms with Crippen molar-refractivity contribution in [2.45, 2.75) is 0 Å². The van der Waals surface area contributed by atoms with Crippen LogP contribution in [0.4, 0.5) is 0 Å². The highest BCUT2D eigenvalue weighted by Crippen LogP contribution is 2.30. The second-order valence-electron chi connectivity index (χ2n) is 5.80. The lowest BCUT2D eigenvalue weighted by Crippen LogP contribution is -2.18. The molecule has 0 saturated heterocycles. The average molecular weight is 411 g/mol. The molecule has 0 saturated carbocycles. The van der Waals surface area contributed by atoms with Crippen LogP contribution in [-0.2, 0) is 0 Å². The maximum atomic E-state index is 12.6. The van der Waals surface area contributed by atoms with Gasteiger partial charge in [0, 0.05) is 0 Å². The zero-order chi connectivity index (χ0) is 19.8. The molecule has 4 aromatic rings. The Morgan fingerprint density at radius 3 is 2.75 bits per heavy atom. The first-order valence-corrected chi connectivity index (χ1v) is 9.40. The van der Waals surface area contributed by atoms with Crippen molar-refractivity contribution in [3.63, 3.8) is 0 Å². The van der Waals surface area contributed by atoms with Gasteiger partial charge in [0.25, 0.3) is 5.56 Å². The SMILES string of the molecule is COc1ccccc1-n1c(=S)[nH]c(=O)c2c(C(=O)O)cc(-c3cccs3)nc21. The van der Waals surface area contributed by atoms with Crippen LogP contribution >= 0.6 is 23.6 Å². The zero-order valence-electron chi connectivity index (χ0n) is 14.5. The summed E-state index contributed by atoms with van der Waals surface area (Å²) in [7, 11) is 1.52. The van der Waals surface area contributed by atoms with Crippen molar-refractivity contribution < 1.29 is 14.6 Å². The van der Waals surface area contributed by atoms with E-state index in [1.54, 1.807) is 24.3 Å². The largest absolute Gasteiger partial charge is 0.495 e. The van der Waals surface area contributed by atoms with E-state index in [2.05, 4.69) is 9.97 Å². The van der Waals surface area contributed by atoms with Gasteiger partial charge in [-0.05, 0) is 41.9 Å². The number of hydrogen-bond donors (Lipinski definition) is 2. The maximum absolute atomic E-state index is 12.6. The van der Waals surface area contributed by atoms with Crippen molar-refractivity contribution in [3.05, 3.63) is 68.5 Å². The molecule has 0 aliphatic rings. The molecule has 9 heteroatoms. The van der Waals surface area contributed by atoms with Crippen molar-refractivity contribution in [1.29, 1.82) is 0 Å². The number of ether oxygens (including phenoxy) is 1. The minimum absolute atomic E-state index is 0.0488. The summed E-state index contributed by atoms with van der Waals surface area (Å²) in [6, 6.07) is 12.2. The van der Waals surface area contributed by atoms with E-state index < -0.39 is 11.5 Å². The van der Waals surface area contributed by atoms with E-state index in [0.717, 1.165) is 4.88 Å². The van der Waals surface area contributed by atoms with Gasteiger partial charge >= 0.3 is 5.97 Å². The first kappa shape index (κ1) is 18.1. The molecule has 7 nitrogen and oxygen atoms in total. The highest BCUT2D eigenvalue weighted by atomic mass is 32.1. The van der Waals surface area contributed by atoms with Crippen LogP contribution in [0, 0.1) is 4.77 Å². The van der Waals surface area contributed by atoms with Crippen molar-refractivity contribution in [2.24, 2.45) is 0 Å². The molecular weight excluding hydrogens is 398 g/mol. The smallest absolute Gasteiger partial charge is 0.336 e. The first-order chi connectivity index (χ1) is 13.5. The normalized spacial score (nSPS) is 10.9. The molecule has 28 heavy (non-hydrogen) atoms. The molecule has 0 bridgehead atoms. The fourth-order valence-electron chi connectivity index (χ4n) is 2.99. The van der Waals surface area contributed by atoms with Crippen LogP contribution in [0.5, 0.6) is 5.75 Å². The third kappa shape index (κ3) is 2.90. The summed E-state index contributed by atoms with van der Waals surface area (Å²) in [5.41, 5.74) is 0.399. The van der Waals surface area contributed by atoms with Gasteiger partial charge in [0.1, 0.15) is 5.75 Å². The summed E-state index contributed by atoms with van der Waals surface area (Å²) < 4.78 is 7.03. The molecular formula is C19H13N3O4S2. The van der Waals surface area contributed by atoms with E-state index in [1.165, 1.54) is 29.1 Å². The summed E-state index contributed by atoms with van der Waals surface area (Å²) >= 11 is 6.80. The Labute approximate surface area is 167 Å². The van der Waals surface area contributed by atoms with E-state index >= 15 is 0 Å². The number of aromatic amines is 1. The minimum Gasteiger partial charge on any atom is -0.495 e. The fourth-order valence-corrected chi connectivity index (χ4v) is 3.95. The maximum Gasteiger partial charge on any atom is 0.336 e. The predicted molar refractivity (Wildman–Crippen MR) is 109 cm³/mol. The number of pyridine rings is 1. The Morgan fingerprint density at radius 1 is 1.29 bits per heavy atom. The van der Waals surface area contributed by atoms with Crippen LogP contribution in [0.1, 0.15) is 10.4 Å². The summed E-state index contributed by atoms with van der Waals surface area (Å²) in [4.78, 5) is 32.4. The fraction of sp³-hybridized carbons (Fsp3) is 0.0526. The van der Waals surface area contributed by atoms with Crippen LogP contribution in [0.15, 0.2) is 52.6 Å². The molecule has 0 radical (unpaired) electrons. The summed E-state index contributed by atoms with van der Waals surface area (Å²) in [6.07, 6.45) is 0. The molecule has 140 valence electrons. The number of carboxylic acids is 1. The average Bonchev–Trinajstić information content (AvgIpc) is 3.22. The molecule has 3 heterocycles. The van der Waals surface area contributed by atoms with E-state index in [1.807, 2.05) is 17.5 Å². The van der Waals surface area contributed by atoms with Crippen LogP contribution < -0.4 is 10.3 Å². The molecule has 4 rings (SSSR count). The quantitative estimate of drug-likeness (QED) is 0.495. The predicted octanol–water partition coefficient (Wildman–Crippen LogP) is 3.88. The molecule has 0 aliphatic carbocycles. The Hall–Kier alpha value is -3.30. The number of hydrogen-bond acceptors (Lipinski definition) is 6. The van der Waals surface area contributed by atoms with E-state index in [4.69, 9.17) is 17.0 Å². The Morgan fingerprint density at radius 2 is 2.07 bits per heavy atom. The second kappa shape index (κ2) is 7.02. The molecule has 0 atom stereocenters. The van der Waals surface area contributed by atoms with Crippen LogP contribution in [0.2, 0.25) is 0 Å². The summed E-state index contributed by atoms with van der Waals surface area (Å²) in [5, 5.41) is 11.5. The number of nitrogens with zero attached hydrogens (tertiary/aromatic N) is 2. The molecule has 2 N–H and O–H groups in total. The van der Waals surface area contributed by atoms with Crippen LogP contribution in [0.25, 0.3) is 27.3 Å². The molecule has 0 unspecified atom stereocenters. The van der Waals surface area contributed by atoms with Gasteiger partial charge in [-0.2, -0.15) is 0 Å². The zero-order valence-corrected chi connectivity index (χ0v) is 16.1. The third-order valence-electron chi connectivity index (χ3n) is 4.19. The van der Waals surface area contributed by atoms with Crippen molar-refractivity contribution in [1.82, 2.24) is 14.5 Å². The Balaban J connectivity index is 2.21. The van der Waals surface area contributed by atoms with Gasteiger partial charge in [-0.25, -0.2) is 9.78 Å². The molecule has 0 amide bonds. The van der Waals surface area contributed by atoms with Gasteiger partial charge in [-0.1, -0.05) is 18.2 Å². The van der Waals surface area contributed by atoms with Crippen molar-refractivity contribution in [3.8, 4) is 22.0 Å². The number of H-pyrrole nitrogens is 1. The van der Waals surface area contributed by atoms with Gasteiger partial charge in [0.15, 0.2) is 10.4 Å². The number of nitrogens with one attached hydrogen (secondary N) is 1. The summed E-state index contributed by atoms with van der Waals surface area (Å²) in [6.45, 7) is 0. The minimum atomic E-state index is -1.22. The van der Waals surface area contributed by atoms with Crippen LogP contribution in [-0.4, -0.2) is 32.7 Å². The third-order valence-corrected chi connectivity index (χ3v) is 5.37. The van der Waals surface area contributed by atoms with E-state index in [-0.39, 0.29) is 21.4 Å².